The molecule has 0 aliphatic rings. The number of carbonyl (C=O) groups excluding carboxylic acids is 2. The summed E-state index contributed by atoms with van der Waals surface area (Å²) in [5, 5.41) is 7.98. The first-order chi connectivity index (χ1) is 10.6. The van der Waals surface area contributed by atoms with Gasteiger partial charge in [-0.05, 0) is 11.6 Å². The number of benzene rings is 1. The van der Waals surface area contributed by atoms with Crippen molar-refractivity contribution < 1.29 is 14.3 Å². The third kappa shape index (κ3) is 4.44. The smallest absolute Gasteiger partial charge is 0.321 e. The molecule has 8 heteroatoms. The number of halogens is 1. The van der Waals surface area contributed by atoms with Crippen LogP contribution in [0.2, 0.25) is 5.02 Å². The number of aromatic nitrogens is 1. The van der Waals surface area contributed by atoms with Crippen molar-refractivity contribution in [3.8, 4) is 0 Å². The van der Waals surface area contributed by atoms with Crippen molar-refractivity contribution in [2.75, 3.05) is 12.4 Å². The molecule has 2 N–H and O–H groups in total. The van der Waals surface area contributed by atoms with E-state index in [0.717, 1.165) is 0 Å². The molecule has 1 atom stereocenters. The van der Waals surface area contributed by atoms with Gasteiger partial charge in [0.15, 0.2) is 5.13 Å². The third-order valence-electron chi connectivity index (χ3n) is 2.84. The van der Waals surface area contributed by atoms with Gasteiger partial charge in [-0.1, -0.05) is 29.8 Å². The van der Waals surface area contributed by atoms with Crippen LogP contribution < -0.4 is 10.6 Å². The van der Waals surface area contributed by atoms with Crippen LogP contribution in [0.5, 0.6) is 0 Å². The SMILES string of the molecule is COC(=O)CC(NC(=O)Nc1nccs1)c1ccccc1Cl. The number of nitrogens with one attached hydrogen (secondary N) is 2. The predicted octanol–water partition coefficient (Wildman–Crippen LogP) is 3.22. The highest BCUT2D eigenvalue weighted by molar-refractivity contribution is 7.13. The molecule has 0 bridgehead atoms. The van der Waals surface area contributed by atoms with Gasteiger partial charge in [-0.3, -0.25) is 10.1 Å². The Bertz CT molecular complexity index is 649. The Kier molecular flexibility index (Phi) is 5.74. The lowest BCUT2D eigenvalue weighted by Gasteiger charge is -2.19. The van der Waals surface area contributed by atoms with Crippen LogP contribution >= 0.6 is 22.9 Å². The quantitative estimate of drug-likeness (QED) is 0.819. The number of nitrogens with zero attached hydrogens (tertiary/aromatic N) is 1. The van der Waals surface area contributed by atoms with E-state index in [4.69, 9.17) is 11.6 Å². The number of rotatable bonds is 5. The van der Waals surface area contributed by atoms with Gasteiger partial charge < -0.3 is 10.1 Å². The maximum absolute atomic E-state index is 12.0. The first-order valence-corrected chi connectivity index (χ1v) is 7.64. The predicted molar refractivity (Wildman–Crippen MR) is 85.1 cm³/mol. The Hall–Kier alpha value is -2.12. The number of esters is 1. The van der Waals surface area contributed by atoms with Gasteiger partial charge in [0.05, 0.1) is 19.6 Å². The number of anilines is 1. The van der Waals surface area contributed by atoms with E-state index in [2.05, 4.69) is 20.4 Å². The van der Waals surface area contributed by atoms with Crippen molar-refractivity contribution in [1.82, 2.24) is 10.3 Å². The Morgan fingerprint density at radius 1 is 1.41 bits per heavy atom. The first kappa shape index (κ1) is 16.3. The minimum absolute atomic E-state index is 0.0223. The van der Waals surface area contributed by atoms with E-state index in [-0.39, 0.29) is 6.42 Å². The zero-order valence-electron chi connectivity index (χ0n) is 11.7. The minimum atomic E-state index is -0.596. The number of amides is 2. The molecule has 0 aliphatic carbocycles. The molecular formula is C14H14ClN3O3S. The molecule has 2 amide bonds. The van der Waals surface area contributed by atoms with E-state index in [9.17, 15) is 9.59 Å². The second kappa shape index (κ2) is 7.77. The van der Waals surface area contributed by atoms with Gasteiger partial charge in [0, 0.05) is 16.6 Å². The van der Waals surface area contributed by atoms with E-state index in [1.807, 2.05) is 0 Å². The van der Waals surface area contributed by atoms with Crippen molar-refractivity contribution >= 4 is 40.1 Å². The standard InChI is InChI=1S/C14H14ClN3O3S/c1-21-12(19)8-11(9-4-2-3-5-10(9)15)17-13(20)18-14-16-6-7-22-14/h2-7,11H,8H2,1H3,(H2,16,17,18,20). The van der Waals surface area contributed by atoms with Crippen molar-refractivity contribution in [2.24, 2.45) is 0 Å². The topological polar surface area (TPSA) is 80.3 Å². The first-order valence-electron chi connectivity index (χ1n) is 6.38. The molecule has 0 saturated heterocycles. The largest absolute Gasteiger partial charge is 0.469 e. The maximum atomic E-state index is 12.0. The molecule has 2 aromatic rings. The summed E-state index contributed by atoms with van der Waals surface area (Å²) < 4.78 is 4.67. The summed E-state index contributed by atoms with van der Waals surface area (Å²) in [4.78, 5) is 27.5. The van der Waals surface area contributed by atoms with Gasteiger partial charge in [0.1, 0.15) is 0 Å². The fraction of sp³-hybridized carbons (Fsp3) is 0.214. The molecule has 0 radical (unpaired) electrons. The highest BCUT2D eigenvalue weighted by Gasteiger charge is 2.21. The lowest BCUT2D eigenvalue weighted by Crippen LogP contribution is -2.34. The Morgan fingerprint density at radius 2 is 2.18 bits per heavy atom. The Labute approximate surface area is 136 Å². The van der Waals surface area contributed by atoms with Crippen LogP contribution in [0.1, 0.15) is 18.0 Å². The summed E-state index contributed by atoms with van der Waals surface area (Å²) in [6.45, 7) is 0. The molecule has 1 aromatic carbocycles. The molecule has 1 aromatic heterocycles. The van der Waals surface area contributed by atoms with Crippen LogP contribution in [-0.4, -0.2) is 24.1 Å². The fourth-order valence-electron chi connectivity index (χ4n) is 1.82. The van der Waals surface area contributed by atoms with Crippen LogP contribution in [0, 0.1) is 0 Å². The summed E-state index contributed by atoms with van der Waals surface area (Å²) >= 11 is 7.43. The molecule has 0 aliphatic heterocycles. The number of hydrogen-bond acceptors (Lipinski definition) is 5. The lowest BCUT2D eigenvalue weighted by molar-refractivity contribution is -0.141. The van der Waals surface area contributed by atoms with Crippen LogP contribution in [0.4, 0.5) is 9.93 Å². The second-order valence-corrected chi connectivity index (χ2v) is 5.59. The molecular weight excluding hydrogens is 326 g/mol. The second-order valence-electron chi connectivity index (χ2n) is 4.29. The van der Waals surface area contributed by atoms with Gasteiger partial charge in [-0.15, -0.1) is 11.3 Å². The number of thiazole rings is 1. The molecule has 116 valence electrons. The molecule has 1 heterocycles. The summed E-state index contributed by atoms with van der Waals surface area (Å²) in [5.74, 6) is -0.445. The number of methoxy groups -OCH3 is 1. The third-order valence-corrected chi connectivity index (χ3v) is 3.87. The van der Waals surface area contributed by atoms with Crippen LogP contribution in [0.15, 0.2) is 35.8 Å². The average molecular weight is 340 g/mol. The van der Waals surface area contributed by atoms with Crippen LogP contribution in [0.25, 0.3) is 0 Å². The number of ether oxygens (including phenoxy) is 1. The zero-order chi connectivity index (χ0) is 15.9. The summed E-state index contributed by atoms with van der Waals surface area (Å²) in [5.41, 5.74) is 0.642. The zero-order valence-corrected chi connectivity index (χ0v) is 13.3. The maximum Gasteiger partial charge on any atom is 0.321 e. The van der Waals surface area contributed by atoms with Gasteiger partial charge in [-0.25, -0.2) is 9.78 Å². The fourth-order valence-corrected chi connectivity index (χ4v) is 2.61. The van der Waals surface area contributed by atoms with E-state index >= 15 is 0 Å². The molecule has 1 unspecified atom stereocenters. The number of carbonyl (C=O) groups is 2. The highest BCUT2D eigenvalue weighted by atomic mass is 35.5. The number of hydrogen-bond donors (Lipinski definition) is 2. The summed E-state index contributed by atoms with van der Waals surface area (Å²) in [6.07, 6.45) is 1.56. The van der Waals surface area contributed by atoms with Gasteiger partial charge >= 0.3 is 12.0 Å². The van der Waals surface area contributed by atoms with Crippen LogP contribution in [-0.2, 0) is 9.53 Å². The van der Waals surface area contributed by atoms with Crippen LogP contribution in [0.3, 0.4) is 0 Å². The molecule has 0 spiro atoms. The van der Waals surface area contributed by atoms with E-state index < -0.39 is 18.0 Å². The van der Waals surface area contributed by atoms with Crippen molar-refractivity contribution in [3.05, 3.63) is 46.4 Å². The molecule has 6 nitrogen and oxygen atoms in total. The molecule has 22 heavy (non-hydrogen) atoms. The van der Waals surface area contributed by atoms with E-state index in [1.54, 1.807) is 35.8 Å². The average Bonchev–Trinajstić information content (AvgIpc) is 2.99. The minimum Gasteiger partial charge on any atom is -0.469 e. The summed E-state index contributed by atoms with van der Waals surface area (Å²) in [7, 11) is 1.29. The Morgan fingerprint density at radius 3 is 2.82 bits per heavy atom. The molecule has 0 saturated carbocycles. The lowest BCUT2D eigenvalue weighted by atomic mass is 10.0. The molecule has 0 fully saturated rings. The van der Waals surface area contributed by atoms with Gasteiger partial charge in [0.2, 0.25) is 0 Å². The monoisotopic (exact) mass is 339 g/mol. The number of urea groups is 1. The summed E-state index contributed by atoms with van der Waals surface area (Å²) in [6, 6.07) is 5.94. The highest BCUT2D eigenvalue weighted by Crippen LogP contribution is 2.25. The van der Waals surface area contributed by atoms with E-state index in [1.165, 1.54) is 18.4 Å². The van der Waals surface area contributed by atoms with Gasteiger partial charge in [0.25, 0.3) is 0 Å². The Balaban J connectivity index is 2.12. The normalized spacial score (nSPS) is 11.5. The van der Waals surface area contributed by atoms with Crippen molar-refractivity contribution in [3.63, 3.8) is 0 Å². The van der Waals surface area contributed by atoms with Crippen molar-refractivity contribution in [1.29, 1.82) is 0 Å². The molecule has 2 rings (SSSR count). The van der Waals surface area contributed by atoms with E-state index in [0.29, 0.717) is 15.7 Å². The van der Waals surface area contributed by atoms with Gasteiger partial charge in [-0.2, -0.15) is 0 Å². The van der Waals surface area contributed by atoms with Crippen molar-refractivity contribution in [2.45, 2.75) is 12.5 Å².